The third-order valence-electron chi connectivity index (χ3n) is 2.90. The first kappa shape index (κ1) is 16.5. The van der Waals surface area contributed by atoms with Gasteiger partial charge in [0.1, 0.15) is 11.6 Å². The van der Waals surface area contributed by atoms with Crippen LogP contribution in [0.1, 0.15) is 12.5 Å². The minimum Gasteiger partial charge on any atom is -0.357 e. The molecule has 0 aliphatic heterocycles. The van der Waals surface area contributed by atoms with Crippen LogP contribution in [0.25, 0.3) is 0 Å². The van der Waals surface area contributed by atoms with E-state index in [-0.39, 0.29) is 10.5 Å². The molecule has 0 saturated heterocycles. The zero-order valence-electron chi connectivity index (χ0n) is 11.2. The molecule has 0 heterocycles. The van der Waals surface area contributed by atoms with Crippen LogP contribution in [0.15, 0.2) is 17.0 Å². The van der Waals surface area contributed by atoms with E-state index >= 15 is 0 Å². The molecule has 0 aliphatic rings. The van der Waals surface area contributed by atoms with Crippen molar-refractivity contribution in [2.75, 3.05) is 13.3 Å². The number of thioether (sulfide) groups is 1. The largest absolute Gasteiger partial charge is 0.357 e. The fraction of sp³-hybridized carbons (Fsp3) is 0.333. The Balaban J connectivity index is 3.31. The molecule has 0 radical (unpaired) electrons. The van der Waals surface area contributed by atoms with Gasteiger partial charge in [-0.05, 0) is 25.3 Å². The number of hydrogen-bond acceptors (Lipinski definition) is 5. The van der Waals surface area contributed by atoms with Crippen LogP contribution in [-0.2, 0) is 4.79 Å². The van der Waals surface area contributed by atoms with Crippen LogP contribution in [0.2, 0.25) is 0 Å². The maximum atomic E-state index is 13.7. The first-order valence-corrected chi connectivity index (χ1v) is 6.80. The Hall–Kier alpha value is -1.51. The van der Waals surface area contributed by atoms with E-state index in [1.165, 1.54) is 20.2 Å². The van der Waals surface area contributed by atoms with Crippen molar-refractivity contribution < 1.29 is 18.8 Å². The van der Waals surface area contributed by atoms with Gasteiger partial charge in [0.05, 0.1) is 10.6 Å². The highest BCUT2D eigenvalue weighted by atomic mass is 32.2. The minimum absolute atomic E-state index is 0.134. The second-order valence-corrected chi connectivity index (χ2v) is 4.98. The third-order valence-corrected chi connectivity index (χ3v) is 3.69. The van der Waals surface area contributed by atoms with Crippen LogP contribution < -0.4 is 10.8 Å². The Morgan fingerprint density at radius 1 is 1.40 bits per heavy atom. The summed E-state index contributed by atoms with van der Waals surface area (Å²) < 4.78 is 27.4. The molecule has 0 fully saturated rings. The van der Waals surface area contributed by atoms with Gasteiger partial charge in [-0.25, -0.2) is 8.78 Å². The molecule has 1 atom stereocenters. The molecule has 110 valence electrons. The van der Waals surface area contributed by atoms with Gasteiger partial charge < -0.3 is 15.9 Å². The molecular formula is C12H15F2N3O2S. The summed E-state index contributed by atoms with van der Waals surface area (Å²) in [5.41, 5.74) is -0.691. The first-order valence-electron chi connectivity index (χ1n) is 5.57. The number of likely N-dealkylation sites (N-methyl/N-ethyl adjacent to an activating group) is 1. The second kappa shape index (κ2) is 6.29. The standard InChI is InChI=1S/C12H15F2N3O2S/c1-12(17-19,11(18)16-2)10(15)6-4-7(13)9(20-3)8(14)5-6/h4-5,15,17,19H,1-3H3,(H,16,18). The van der Waals surface area contributed by atoms with E-state index in [0.29, 0.717) is 0 Å². The van der Waals surface area contributed by atoms with Crippen LogP contribution in [0.4, 0.5) is 8.78 Å². The van der Waals surface area contributed by atoms with Gasteiger partial charge in [-0.3, -0.25) is 4.79 Å². The summed E-state index contributed by atoms with van der Waals surface area (Å²) >= 11 is 0.902. The van der Waals surface area contributed by atoms with Crippen LogP contribution in [0.3, 0.4) is 0 Å². The number of halogens is 2. The molecule has 1 amide bonds. The lowest BCUT2D eigenvalue weighted by Crippen LogP contribution is -2.58. The normalized spacial score (nSPS) is 13.7. The number of carbonyl (C=O) groups is 1. The molecule has 20 heavy (non-hydrogen) atoms. The second-order valence-electron chi connectivity index (χ2n) is 4.16. The van der Waals surface area contributed by atoms with E-state index < -0.39 is 28.8 Å². The average molecular weight is 303 g/mol. The topological polar surface area (TPSA) is 85.2 Å². The Morgan fingerprint density at radius 2 is 1.90 bits per heavy atom. The van der Waals surface area contributed by atoms with Gasteiger partial charge in [-0.1, -0.05) is 0 Å². The summed E-state index contributed by atoms with van der Waals surface area (Å²) in [6, 6.07) is 1.91. The molecule has 4 N–H and O–H groups in total. The SMILES string of the molecule is CNC(=O)C(C)(NO)C(=N)c1cc(F)c(SC)c(F)c1. The molecule has 1 unspecified atom stereocenters. The summed E-state index contributed by atoms with van der Waals surface area (Å²) in [5.74, 6) is -2.36. The molecule has 1 aromatic carbocycles. The number of nitrogens with one attached hydrogen (secondary N) is 3. The van der Waals surface area contributed by atoms with Crippen molar-refractivity contribution in [2.45, 2.75) is 17.4 Å². The fourth-order valence-electron chi connectivity index (χ4n) is 1.66. The van der Waals surface area contributed by atoms with Gasteiger partial charge in [0, 0.05) is 12.6 Å². The lowest BCUT2D eigenvalue weighted by molar-refractivity contribution is -0.127. The predicted molar refractivity (Wildman–Crippen MR) is 72.4 cm³/mol. The number of hydroxylamine groups is 1. The maximum absolute atomic E-state index is 13.7. The summed E-state index contributed by atoms with van der Waals surface area (Å²) in [6.07, 6.45) is 1.52. The van der Waals surface area contributed by atoms with E-state index in [1.54, 1.807) is 5.48 Å². The van der Waals surface area contributed by atoms with Gasteiger partial charge in [-0.15, -0.1) is 11.8 Å². The van der Waals surface area contributed by atoms with Crippen LogP contribution in [0.5, 0.6) is 0 Å². The number of carbonyl (C=O) groups excluding carboxylic acids is 1. The Labute approximate surface area is 119 Å². The van der Waals surface area contributed by atoms with Gasteiger partial charge in [0.2, 0.25) is 5.91 Å². The van der Waals surface area contributed by atoms with Crippen LogP contribution >= 0.6 is 11.8 Å². The lowest BCUT2D eigenvalue weighted by Gasteiger charge is -2.27. The van der Waals surface area contributed by atoms with Gasteiger partial charge >= 0.3 is 0 Å². The number of amides is 1. The van der Waals surface area contributed by atoms with Crippen molar-refractivity contribution in [3.05, 3.63) is 29.3 Å². The summed E-state index contributed by atoms with van der Waals surface area (Å²) in [4.78, 5) is 11.5. The van der Waals surface area contributed by atoms with Crippen LogP contribution in [-0.4, -0.2) is 35.7 Å². The number of benzene rings is 1. The minimum atomic E-state index is -1.81. The highest BCUT2D eigenvalue weighted by Crippen LogP contribution is 2.26. The highest BCUT2D eigenvalue weighted by Gasteiger charge is 2.38. The zero-order chi connectivity index (χ0) is 15.5. The van der Waals surface area contributed by atoms with E-state index in [1.807, 2.05) is 0 Å². The molecule has 0 spiro atoms. The molecule has 0 saturated carbocycles. The zero-order valence-corrected chi connectivity index (χ0v) is 12.0. The maximum Gasteiger partial charge on any atom is 0.248 e. The first-order chi connectivity index (χ1) is 9.31. The smallest absolute Gasteiger partial charge is 0.248 e. The Morgan fingerprint density at radius 3 is 2.25 bits per heavy atom. The van der Waals surface area contributed by atoms with E-state index in [9.17, 15) is 13.6 Å². The van der Waals surface area contributed by atoms with Crippen molar-refractivity contribution in [3.63, 3.8) is 0 Å². The molecule has 8 heteroatoms. The van der Waals surface area contributed by atoms with E-state index in [0.717, 1.165) is 23.9 Å². The average Bonchev–Trinajstić information content (AvgIpc) is 2.44. The fourth-order valence-corrected chi connectivity index (χ4v) is 2.17. The van der Waals surface area contributed by atoms with Gasteiger partial charge in [-0.2, -0.15) is 5.48 Å². The van der Waals surface area contributed by atoms with E-state index in [4.69, 9.17) is 10.6 Å². The van der Waals surface area contributed by atoms with Crippen molar-refractivity contribution >= 4 is 23.4 Å². The Bertz CT molecular complexity index is 530. The molecule has 1 rings (SSSR count). The Kier molecular flexibility index (Phi) is 5.21. The summed E-state index contributed by atoms with van der Waals surface area (Å²) in [7, 11) is 1.32. The summed E-state index contributed by atoms with van der Waals surface area (Å²) in [6.45, 7) is 1.23. The number of rotatable bonds is 5. The number of hydrogen-bond donors (Lipinski definition) is 4. The predicted octanol–water partition coefficient (Wildman–Crippen LogP) is 1.54. The quantitative estimate of drug-likeness (QED) is 0.378. The lowest BCUT2D eigenvalue weighted by atomic mass is 9.90. The van der Waals surface area contributed by atoms with Crippen molar-refractivity contribution in [2.24, 2.45) is 0 Å². The molecule has 5 nitrogen and oxygen atoms in total. The molecule has 0 aliphatic carbocycles. The van der Waals surface area contributed by atoms with Gasteiger partial charge in [0.15, 0.2) is 5.54 Å². The molecule has 1 aromatic rings. The van der Waals surface area contributed by atoms with Crippen LogP contribution in [0, 0.1) is 17.0 Å². The van der Waals surface area contributed by atoms with Crippen molar-refractivity contribution in [1.82, 2.24) is 10.8 Å². The molecule has 0 bridgehead atoms. The van der Waals surface area contributed by atoms with E-state index in [2.05, 4.69) is 5.32 Å². The summed E-state index contributed by atoms with van der Waals surface area (Å²) in [5, 5.41) is 19.3. The van der Waals surface area contributed by atoms with Crippen molar-refractivity contribution in [1.29, 1.82) is 5.41 Å². The monoisotopic (exact) mass is 303 g/mol. The molecule has 0 aromatic heterocycles. The van der Waals surface area contributed by atoms with Crippen molar-refractivity contribution in [3.8, 4) is 0 Å². The van der Waals surface area contributed by atoms with Gasteiger partial charge in [0.25, 0.3) is 0 Å². The molecular weight excluding hydrogens is 288 g/mol. The third kappa shape index (κ3) is 2.82. The highest BCUT2D eigenvalue weighted by molar-refractivity contribution is 7.98.